The van der Waals surface area contributed by atoms with E-state index in [0.29, 0.717) is 35.1 Å². The Kier molecular flexibility index (Phi) is 8.16. The first kappa shape index (κ1) is 24.4. The predicted molar refractivity (Wildman–Crippen MR) is 124 cm³/mol. The molecule has 9 heteroatoms. The van der Waals surface area contributed by atoms with Crippen molar-refractivity contribution in [2.45, 2.75) is 38.1 Å². The van der Waals surface area contributed by atoms with Crippen LogP contribution >= 0.6 is 11.6 Å². The number of nitrogens with one attached hydrogen (secondary N) is 1. The first-order valence-electron chi connectivity index (χ1n) is 10.6. The van der Waals surface area contributed by atoms with Crippen LogP contribution in [-0.2, 0) is 20.9 Å². The molecule has 3 rings (SSSR count). The SMILES string of the molecule is COc1cc(OC)c(NC(=O)CCC2CCC(=O)N(CC(=O)O)Cc3ccccc32)cc1Cl. The molecule has 2 amide bonds. The molecular weight excluding hydrogens is 448 g/mol. The number of methoxy groups -OCH3 is 2. The highest BCUT2D eigenvalue weighted by Gasteiger charge is 2.26. The molecule has 1 atom stereocenters. The molecule has 1 aliphatic heterocycles. The molecule has 2 N–H and O–H groups in total. The molecule has 176 valence electrons. The maximum atomic E-state index is 12.7. The zero-order valence-electron chi connectivity index (χ0n) is 18.6. The number of benzene rings is 2. The van der Waals surface area contributed by atoms with Crippen LogP contribution in [0.3, 0.4) is 0 Å². The summed E-state index contributed by atoms with van der Waals surface area (Å²) in [6, 6.07) is 10.9. The topological polar surface area (TPSA) is 105 Å². The minimum Gasteiger partial charge on any atom is -0.495 e. The van der Waals surface area contributed by atoms with Crippen LogP contribution < -0.4 is 14.8 Å². The quantitative estimate of drug-likeness (QED) is 0.597. The lowest BCUT2D eigenvalue weighted by Gasteiger charge is -2.29. The van der Waals surface area contributed by atoms with Crippen LogP contribution in [-0.4, -0.2) is 48.6 Å². The normalized spacial score (nSPS) is 15.8. The van der Waals surface area contributed by atoms with Crippen molar-refractivity contribution in [1.82, 2.24) is 4.90 Å². The second-order valence-corrected chi connectivity index (χ2v) is 8.26. The number of hydrogen-bond acceptors (Lipinski definition) is 5. The van der Waals surface area contributed by atoms with E-state index < -0.39 is 5.97 Å². The molecule has 0 fully saturated rings. The Morgan fingerprint density at radius 3 is 2.61 bits per heavy atom. The van der Waals surface area contributed by atoms with E-state index in [2.05, 4.69) is 5.32 Å². The van der Waals surface area contributed by atoms with Gasteiger partial charge in [-0.25, -0.2) is 0 Å². The van der Waals surface area contributed by atoms with Gasteiger partial charge in [0.15, 0.2) is 0 Å². The Bertz CT molecular complexity index is 1040. The molecule has 1 unspecified atom stereocenters. The number of nitrogens with zero attached hydrogens (tertiary/aromatic N) is 1. The van der Waals surface area contributed by atoms with Crippen LogP contribution in [0.25, 0.3) is 0 Å². The first-order valence-corrected chi connectivity index (χ1v) is 11.0. The van der Waals surface area contributed by atoms with Crippen molar-refractivity contribution in [3.8, 4) is 11.5 Å². The van der Waals surface area contributed by atoms with Gasteiger partial charge in [-0.1, -0.05) is 35.9 Å². The first-order chi connectivity index (χ1) is 15.8. The standard InChI is InChI=1S/C24H27ClN2O6/c1-32-20-12-21(33-2)19(11-18(20)25)26-22(28)9-7-15-8-10-23(29)27(14-24(30)31)13-16-5-3-4-6-17(15)16/h3-6,11-12,15H,7-10,13-14H2,1-2H3,(H,26,28)(H,30,31). The number of aliphatic carboxylic acids is 1. The summed E-state index contributed by atoms with van der Waals surface area (Å²) in [6.45, 7) is -0.0853. The van der Waals surface area contributed by atoms with Crippen LogP contribution in [0.1, 0.15) is 42.7 Å². The van der Waals surface area contributed by atoms with Crippen molar-refractivity contribution < 1.29 is 29.0 Å². The number of ether oxygens (including phenoxy) is 2. The van der Waals surface area contributed by atoms with Gasteiger partial charge in [0.1, 0.15) is 18.0 Å². The van der Waals surface area contributed by atoms with Crippen molar-refractivity contribution in [2.24, 2.45) is 0 Å². The Balaban J connectivity index is 1.72. The number of rotatable bonds is 8. The molecule has 2 aromatic rings. The molecule has 0 bridgehead atoms. The maximum absolute atomic E-state index is 12.7. The summed E-state index contributed by atoms with van der Waals surface area (Å²) in [4.78, 5) is 37.8. The lowest BCUT2D eigenvalue weighted by atomic mass is 9.85. The number of hydrogen-bond donors (Lipinski definition) is 2. The summed E-state index contributed by atoms with van der Waals surface area (Å²) in [5.41, 5.74) is 2.39. The van der Waals surface area contributed by atoms with E-state index in [4.69, 9.17) is 26.2 Å². The van der Waals surface area contributed by atoms with Crippen LogP contribution in [0, 0.1) is 0 Å². The van der Waals surface area contributed by atoms with Crippen LogP contribution in [0.2, 0.25) is 5.02 Å². The fourth-order valence-electron chi connectivity index (χ4n) is 4.06. The third-order valence-corrected chi connectivity index (χ3v) is 6.00. The van der Waals surface area contributed by atoms with Gasteiger partial charge in [-0.3, -0.25) is 14.4 Å². The molecule has 1 aliphatic rings. The average molecular weight is 475 g/mol. The summed E-state index contributed by atoms with van der Waals surface area (Å²) < 4.78 is 10.5. The highest BCUT2D eigenvalue weighted by molar-refractivity contribution is 6.32. The molecule has 0 aromatic heterocycles. The molecule has 0 saturated carbocycles. The fourth-order valence-corrected chi connectivity index (χ4v) is 4.31. The van der Waals surface area contributed by atoms with Gasteiger partial charge in [0.25, 0.3) is 0 Å². The van der Waals surface area contributed by atoms with E-state index in [9.17, 15) is 14.4 Å². The number of carboxylic acids is 1. The summed E-state index contributed by atoms with van der Waals surface area (Å²) in [5.74, 6) is -0.552. The molecule has 33 heavy (non-hydrogen) atoms. The Hall–Kier alpha value is -3.26. The summed E-state index contributed by atoms with van der Waals surface area (Å²) >= 11 is 6.18. The van der Waals surface area contributed by atoms with E-state index >= 15 is 0 Å². The molecule has 0 saturated heterocycles. The van der Waals surface area contributed by atoms with Crippen molar-refractivity contribution >= 4 is 35.1 Å². The Labute approximate surface area is 197 Å². The van der Waals surface area contributed by atoms with Gasteiger partial charge < -0.3 is 24.8 Å². The predicted octanol–water partition coefficient (Wildman–Crippen LogP) is 4.07. The molecular formula is C24H27ClN2O6. The zero-order chi connectivity index (χ0) is 24.0. The molecule has 1 heterocycles. The minimum atomic E-state index is -1.04. The second-order valence-electron chi connectivity index (χ2n) is 7.85. The van der Waals surface area contributed by atoms with Crippen molar-refractivity contribution in [3.63, 3.8) is 0 Å². The van der Waals surface area contributed by atoms with E-state index in [1.54, 1.807) is 12.1 Å². The number of carbonyl (C=O) groups is 3. The van der Waals surface area contributed by atoms with Gasteiger partial charge in [0.2, 0.25) is 11.8 Å². The van der Waals surface area contributed by atoms with Gasteiger partial charge in [0.05, 0.1) is 24.9 Å². The van der Waals surface area contributed by atoms with Crippen molar-refractivity contribution in [3.05, 3.63) is 52.5 Å². The molecule has 0 aliphatic carbocycles. The number of carbonyl (C=O) groups excluding carboxylic acids is 2. The van der Waals surface area contributed by atoms with Crippen LogP contribution in [0.4, 0.5) is 5.69 Å². The highest BCUT2D eigenvalue weighted by atomic mass is 35.5. The smallest absolute Gasteiger partial charge is 0.323 e. The maximum Gasteiger partial charge on any atom is 0.323 e. The van der Waals surface area contributed by atoms with E-state index in [1.807, 2.05) is 24.3 Å². The molecule has 0 spiro atoms. The zero-order valence-corrected chi connectivity index (χ0v) is 19.4. The minimum absolute atomic E-state index is 0.00392. The second kappa shape index (κ2) is 11.0. The number of halogens is 1. The monoisotopic (exact) mass is 474 g/mol. The van der Waals surface area contributed by atoms with Crippen molar-refractivity contribution in [2.75, 3.05) is 26.1 Å². The summed E-state index contributed by atoms with van der Waals surface area (Å²) in [7, 11) is 2.99. The Morgan fingerprint density at radius 2 is 1.91 bits per heavy atom. The van der Waals surface area contributed by atoms with Gasteiger partial charge in [0, 0.05) is 25.5 Å². The summed E-state index contributed by atoms with van der Waals surface area (Å²) in [5, 5.41) is 12.3. The van der Waals surface area contributed by atoms with E-state index in [0.717, 1.165) is 11.1 Å². The van der Waals surface area contributed by atoms with Gasteiger partial charge >= 0.3 is 5.97 Å². The lowest BCUT2D eigenvalue weighted by molar-refractivity contribution is -0.145. The number of carboxylic acid groups (broad SMARTS) is 1. The fraction of sp³-hybridized carbons (Fsp3) is 0.375. The van der Waals surface area contributed by atoms with E-state index in [-0.39, 0.29) is 43.7 Å². The highest BCUT2D eigenvalue weighted by Crippen LogP contribution is 2.36. The van der Waals surface area contributed by atoms with Crippen molar-refractivity contribution in [1.29, 1.82) is 0 Å². The summed E-state index contributed by atoms with van der Waals surface area (Å²) in [6.07, 6.45) is 1.55. The average Bonchev–Trinajstić information content (AvgIpc) is 2.78. The molecule has 2 aromatic carbocycles. The third kappa shape index (κ3) is 6.16. The third-order valence-electron chi connectivity index (χ3n) is 5.71. The molecule has 8 nitrogen and oxygen atoms in total. The van der Waals surface area contributed by atoms with Gasteiger partial charge in [-0.15, -0.1) is 0 Å². The number of amides is 2. The van der Waals surface area contributed by atoms with Gasteiger partial charge in [-0.05, 0) is 36.0 Å². The largest absolute Gasteiger partial charge is 0.495 e. The van der Waals surface area contributed by atoms with Gasteiger partial charge in [-0.2, -0.15) is 0 Å². The van der Waals surface area contributed by atoms with E-state index in [1.165, 1.54) is 19.1 Å². The lowest BCUT2D eigenvalue weighted by Crippen LogP contribution is -2.36. The van der Waals surface area contributed by atoms with Crippen LogP contribution in [0.15, 0.2) is 36.4 Å². The van der Waals surface area contributed by atoms with Crippen LogP contribution in [0.5, 0.6) is 11.5 Å². The Morgan fingerprint density at radius 1 is 1.18 bits per heavy atom. The number of fused-ring (bicyclic) bond motifs is 1. The number of anilines is 1. The molecule has 0 radical (unpaired) electrons.